The molecule has 17 heavy (non-hydrogen) atoms. The lowest BCUT2D eigenvalue weighted by Crippen LogP contribution is -2.29. The normalized spacial score (nSPS) is 11.8. The van der Waals surface area contributed by atoms with E-state index in [1.165, 1.54) is 12.3 Å². The zero-order valence-electron chi connectivity index (χ0n) is 11.2. The maximum absolute atomic E-state index is 12.9. The molecule has 0 aromatic carbocycles. The van der Waals surface area contributed by atoms with E-state index in [-0.39, 0.29) is 5.82 Å². The highest BCUT2D eigenvalue weighted by Gasteiger charge is 2.16. The molecule has 1 heterocycles. The molecule has 3 heteroatoms. The average molecular weight is 238 g/mol. The highest BCUT2D eigenvalue weighted by atomic mass is 19.1. The smallest absolute Gasteiger partial charge is 0.141 e. The molecule has 2 nitrogen and oxygen atoms in total. The highest BCUT2D eigenvalue weighted by Crippen LogP contribution is 2.19. The van der Waals surface area contributed by atoms with Crippen molar-refractivity contribution in [1.82, 2.24) is 10.3 Å². The molecule has 0 spiro atoms. The number of rotatable bonds is 6. The Morgan fingerprint density at radius 3 is 2.35 bits per heavy atom. The van der Waals surface area contributed by atoms with E-state index >= 15 is 0 Å². The molecule has 0 amide bonds. The Bertz CT molecular complexity index is 329. The van der Waals surface area contributed by atoms with Crippen LogP contribution in [0.1, 0.15) is 33.3 Å². The summed E-state index contributed by atoms with van der Waals surface area (Å²) in [5.74, 6) is 1.70. The fourth-order valence-corrected chi connectivity index (χ4v) is 2.18. The van der Waals surface area contributed by atoms with Crippen molar-refractivity contribution in [3.05, 3.63) is 29.8 Å². The maximum atomic E-state index is 12.9. The zero-order chi connectivity index (χ0) is 12.8. The minimum Gasteiger partial charge on any atom is -0.312 e. The highest BCUT2D eigenvalue weighted by molar-refractivity contribution is 5.09. The first-order chi connectivity index (χ1) is 8.00. The summed E-state index contributed by atoms with van der Waals surface area (Å²) in [7, 11) is 0. The summed E-state index contributed by atoms with van der Waals surface area (Å²) in [5.41, 5.74) is 0.899. The van der Waals surface area contributed by atoms with Gasteiger partial charge in [0.25, 0.3) is 0 Å². The Balaban J connectivity index is 2.41. The van der Waals surface area contributed by atoms with E-state index in [1.54, 1.807) is 6.20 Å². The summed E-state index contributed by atoms with van der Waals surface area (Å²) >= 11 is 0. The van der Waals surface area contributed by atoms with Gasteiger partial charge in [-0.05, 0) is 35.9 Å². The molecule has 1 aromatic rings. The van der Waals surface area contributed by atoms with E-state index < -0.39 is 0 Å². The van der Waals surface area contributed by atoms with Gasteiger partial charge in [0.05, 0.1) is 6.20 Å². The fourth-order valence-electron chi connectivity index (χ4n) is 2.18. The Morgan fingerprint density at radius 2 is 1.82 bits per heavy atom. The topological polar surface area (TPSA) is 24.9 Å². The Kier molecular flexibility index (Phi) is 5.56. The van der Waals surface area contributed by atoms with E-state index in [1.807, 2.05) is 0 Å². The van der Waals surface area contributed by atoms with E-state index in [2.05, 4.69) is 38.0 Å². The van der Waals surface area contributed by atoms with Crippen LogP contribution in [-0.4, -0.2) is 11.5 Å². The van der Waals surface area contributed by atoms with E-state index in [9.17, 15) is 4.39 Å². The molecule has 0 aliphatic rings. The molecule has 0 fully saturated rings. The number of hydrogen-bond donors (Lipinski definition) is 1. The van der Waals surface area contributed by atoms with Crippen LogP contribution < -0.4 is 5.32 Å². The lowest BCUT2D eigenvalue weighted by Gasteiger charge is -2.25. The number of aromatic nitrogens is 1. The summed E-state index contributed by atoms with van der Waals surface area (Å²) in [6, 6.07) is 1.53. The van der Waals surface area contributed by atoms with Gasteiger partial charge in [0.2, 0.25) is 0 Å². The van der Waals surface area contributed by atoms with E-state index in [0.29, 0.717) is 24.3 Å². The maximum Gasteiger partial charge on any atom is 0.141 e. The van der Waals surface area contributed by atoms with Gasteiger partial charge in [-0.25, -0.2) is 4.39 Å². The largest absolute Gasteiger partial charge is 0.312 e. The number of pyridine rings is 1. The Hall–Kier alpha value is -0.960. The third-order valence-corrected chi connectivity index (χ3v) is 3.18. The molecule has 1 aromatic heterocycles. The van der Waals surface area contributed by atoms with Crippen molar-refractivity contribution in [2.24, 2.45) is 17.8 Å². The fraction of sp³-hybridized carbons (Fsp3) is 0.643. The Morgan fingerprint density at radius 1 is 1.18 bits per heavy atom. The summed E-state index contributed by atoms with van der Waals surface area (Å²) < 4.78 is 12.9. The first kappa shape index (κ1) is 14.1. The summed E-state index contributed by atoms with van der Waals surface area (Å²) in [6.45, 7) is 10.6. The van der Waals surface area contributed by atoms with Crippen LogP contribution in [0.5, 0.6) is 0 Å². The second kappa shape index (κ2) is 6.70. The summed E-state index contributed by atoms with van der Waals surface area (Å²) in [5, 5.41) is 3.38. The summed E-state index contributed by atoms with van der Waals surface area (Å²) in [4.78, 5) is 3.84. The van der Waals surface area contributed by atoms with Gasteiger partial charge in [0.1, 0.15) is 5.82 Å². The van der Waals surface area contributed by atoms with Crippen molar-refractivity contribution in [3.63, 3.8) is 0 Å². The molecular weight excluding hydrogens is 215 g/mol. The van der Waals surface area contributed by atoms with Crippen molar-refractivity contribution >= 4 is 0 Å². The third-order valence-electron chi connectivity index (χ3n) is 3.18. The quantitative estimate of drug-likeness (QED) is 0.823. The van der Waals surface area contributed by atoms with Crippen LogP contribution in [0.4, 0.5) is 4.39 Å². The van der Waals surface area contributed by atoms with Crippen molar-refractivity contribution in [1.29, 1.82) is 0 Å². The van der Waals surface area contributed by atoms with Crippen LogP contribution in [0, 0.1) is 23.6 Å². The van der Waals surface area contributed by atoms with Crippen LogP contribution in [0.3, 0.4) is 0 Å². The molecule has 0 aliphatic heterocycles. The minimum atomic E-state index is -0.270. The number of nitrogens with one attached hydrogen (secondary N) is 1. The average Bonchev–Trinajstić information content (AvgIpc) is 2.23. The minimum absolute atomic E-state index is 0.270. The molecule has 96 valence electrons. The van der Waals surface area contributed by atoms with Crippen molar-refractivity contribution < 1.29 is 4.39 Å². The van der Waals surface area contributed by atoms with Crippen molar-refractivity contribution in [3.8, 4) is 0 Å². The lowest BCUT2D eigenvalue weighted by molar-refractivity contribution is 0.275. The zero-order valence-corrected chi connectivity index (χ0v) is 11.2. The molecule has 1 N–H and O–H groups in total. The molecule has 0 saturated carbocycles. The number of hydrogen-bond acceptors (Lipinski definition) is 2. The van der Waals surface area contributed by atoms with Crippen LogP contribution in [0.2, 0.25) is 0 Å². The SMILES string of the molecule is CC(C)C(CNCc1cncc(F)c1)C(C)C. The number of halogens is 1. The second-order valence-corrected chi connectivity index (χ2v) is 5.29. The van der Waals surface area contributed by atoms with Gasteiger partial charge in [0, 0.05) is 12.7 Å². The molecule has 0 radical (unpaired) electrons. The van der Waals surface area contributed by atoms with Crippen molar-refractivity contribution in [2.45, 2.75) is 34.2 Å². The molecule has 0 saturated heterocycles. The standard InChI is InChI=1S/C14H23FN2/c1-10(2)14(11(3)4)9-17-7-12-5-13(15)8-16-6-12/h5-6,8,10-11,14,17H,7,9H2,1-4H3. The van der Waals surface area contributed by atoms with Crippen LogP contribution >= 0.6 is 0 Å². The van der Waals surface area contributed by atoms with Crippen LogP contribution in [-0.2, 0) is 6.54 Å². The predicted molar refractivity (Wildman–Crippen MR) is 69.1 cm³/mol. The lowest BCUT2D eigenvalue weighted by atomic mass is 9.85. The molecule has 0 aliphatic carbocycles. The first-order valence-corrected chi connectivity index (χ1v) is 6.31. The first-order valence-electron chi connectivity index (χ1n) is 6.31. The van der Waals surface area contributed by atoms with Crippen LogP contribution in [0.15, 0.2) is 18.5 Å². The van der Waals surface area contributed by atoms with Gasteiger partial charge < -0.3 is 5.32 Å². The third kappa shape index (κ3) is 4.82. The van der Waals surface area contributed by atoms with Gasteiger partial charge >= 0.3 is 0 Å². The number of nitrogens with zero attached hydrogens (tertiary/aromatic N) is 1. The van der Waals surface area contributed by atoms with Gasteiger partial charge in [-0.2, -0.15) is 0 Å². The predicted octanol–water partition coefficient (Wildman–Crippen LogP) is 3.24. The van der Waals surface area contributed by atoms with Gasteiger partial charge in [-0.3, -0.25) is 4.98 Å². The molecular formula is C14H23FN2. The Labute approximate surface area is 104 Å². The molecule has 0 atom stereocenters. The molecule has 1 rings (SSSR count). The van der Waals surface area contributed by atoms with Gasteiger partial charge in [-0.15, -0.1) is 0 Å². The monoisotopic (exact) mass is 238 g/mol. The van der Waals surface area contributed by atoms with E-state index in [4.69, 9.17) is 0 Å². The van der Waals surface area contributed by atoms with E-state index in [0.717, 1.165) is 12.1 Å². The second-order valence-electron chi connectivity index (χ2n) is 5.29. The summed E-state index contributed by atoms with van der Waals surface area (Å²) in [6.07, 6.45) is 2.93. The van der Waals surface area contributed by atoms with Crippen molar-refractivity contribution in [2.75, 3.05) is 6.54 Å². The van der Waals surface area contributed by atoms with Crippen LogP contribution in [0.25, 0.3) is 0 Å². The molecule has 0 unspecified atom stereocenters. The molecule has 0 bridgehead atoms. The van der Waals surface area contributed by atoms with Gasteiger partial charge in [-0.1, -0.05) is 27.7 Å². The van der Waals surface area contributed by atoms with Gasteiger partial charge in [0.15, 0.2) is 0 Å².